The van der Waals surface area contributed by atoms with Crippen LogP contribution in [0.25, 0.3) is 0 Å². The van der Waals surface area contributed by atoms with Crippen molar-refractivity contribution in [3.63, 3.8) is 0 Å². The second-order valence-electron chi connectivity index (χ2n) is 4.79. The van der Waals surface area contributed by atoms with Crippen molar-refractivity contribution in [1.82, 2.24) is 0 Å². The average Bonchev–Trinajstić information content (AvgIpc) is 2.47. The van der Waals surface area contributed by atoms with Gasteiger partial charge in [-0.15, -0.1) is 0 Å². The van der Waals surface area contributed by atoms with Crippen LogP contribution in [0.1, 0.15) is 19.4 Å². The predicted octanol–water partition coefficient (Wildman–Crippen LogP) is 1.89. The zero-order valence-corrected chi connectivity index (χ0v) is 12.1. The summed E-state index contributed by atoms with van der Waals surface area (Å²) in [6, 6.07) is 7.91. The summed E-state index contributed by atoms with van der Waals surface area (Å²) in [7, 11) is 0. The Balaban J connectivity index is 3.00. The number of nitrogens with zero attached hydrogens (tertiary/aromatic N) is 1. The van der Waals surface area contributed by atoms with E-state index in [0.717, 1.165) is 5.56 Å². The zero-order chi connectivity index (χ0) is 15.8. The van der Waals surface area contributed by atoms with Gasteiger partial charge in [0.1, 0.15) is 12.2 Å². The van der Waals surface area contributed by atoms with Gasteiger partial charge in [-0.3, -0.25) is 14.9 Å². The molecule has 0 aliphatic carbocycles. The summed E-state index contributed by atoms with van der Waals surface area (Å²) < 4.78 is 4.89. The molecule has 0 bridgehead atoms. The van der Waals surface area contributed by atoms with Gasteiger partial charge in [-0.1, -0.05) is 30.3 Å². The molecule has 0 radical (unpaired) electrons. The van der Waals surface area contributed by atoms with Gasteiger partial charge in [0, 0.05) is 17.8 Å². The predicted molar refractivity (Wildman–Crippen MR) is 76.3 cm³/mol. The molecule has 0 aliphatic heterocycles. The van der Waals surface area contributed by atoms with Crippen molar-refractivity contribution < 1.29 is 19.2 Å². The molecule has 0 N–H and O–H groups in total. The number of hydrogen-bond donors (Lipinski definition) is 0. The lowest BCUT2D eigenvalue weighted by atomic mass is 9.83. The van der Waals surface area contributed by atoms with Crippen LogP contribution < -0.4 is 0 Å². The van der Waals surface area contributed by atoms with E-state index >= 15 is 0 Å². The second-order valence-corrected chi connectivity index (χ2v) is 4.79. The molecule has 21 heavy (non-hydrogen) atoms. The molecule has 114 valence electrons. The molecule has 0 unspecified atom stereocenters. The highest BCUT2D eigenvalue weighted by molar-refractivity contribution is 5.77. The first-order valence-corrected chi connectivity index (χ1v) is 6.80. The highest BCUT2D eigenvalue weighted by Crippen LogP contribution is 2.23. The van der Waals surface area contributed by atoms with E-state index in [9.17, 15) is 19.7 Å². The summed E-state index contributed by atoms with van der Waals surface area (Å²) in [5.74, 6) is -2.57. The van der Waals surface area contributed by atoms with Crippen LogP contribution in [-0.2, 0) is 20.7 Å². The molecule has 0 saturated carbocycles. The van der Waals surface area contributed by atoms with Crippen LogP contribution in [-0.4, -0.2) is 29.8 Å². The number of rotatable bonds is 8. The van der Waals surface area contributed by atoms with Gasteiger partial charge in [0.25, 0.3) is 0 Å². The molecule has 1 aromatic rings. The quantitative estimate of drug-likeness (QED) is 0.316. The lowest BCUT2D eigenvalue weighted by molar-refractivity contribution is -0.526. The van der Waals surface area contributed by atoms with Gasteiger partial charge in [0.05, 0.1) is 6.61 Å². The van der Waals surface area contributed by atoms with Crippen molar-refractivity contribution in [3.8, 4) is 0 Å². The maximum Gasteiger partial charge on any atom is 0.316 e. The average molecular weight is 293 g/mol. The minimum absolute atomic E-state index is 0.122. The van der Waals surface area contributed by atoms with Crippen LogP contribution in [0.3, 0.4) is 0 Å². The summed E-state index contributed by atoms with van der Waals surface area (Å²) in [5.41, 5.74) is 0.847. The topological polar surface area (TPSA) is 86.5 Å². The fraction of sp³-hybridized carbons (Fsp3) is 0.467. The first kappa shape index (κ1) is 16.8. The minimum Gasteiger partial charge on any atom is -0.466 e. The van der Waals surface area contributed by atoms with Gasteiger partial charge >= 0.3 is 5.97 Å². The molecule has 1 rings (SSSR count). The van der Waals surface area contributed by atoms with E-state index < -0.39 is 28.8 Å². The lowest BCUT2D eigenvalue weighted by Gasteiger charge is -2.22. The molecule has 1 aromatic carbocycles. The lowest BCUT2D eigenvalue weighted by Crippen LogP contribution is -2.40. The van der Waals surface area contributed by atoms with Crippen molar-refractivity contribution in [2.75, 3.05) is 6.61 Å². The van der Waals surface area contributed by atoms with Crippen molar-refractivity contribution in [1.29, 1.82) is 0 Å². The van der Waals surface area contributed by atoms with Crippen LogP contribution in [0, 0.1) is 22.0 Å². The molecular weight excluding hydrogens is 274 g/mol. The number of hydrogen-bond acceptors (Lipinski definition) is 5. The van der Waals surface area contributed by atoms with E-state index in [1.807, 2.05) is 30.3 Å². The Morgan fingerprint density at radius 1 is 1.38 bits per heavy atom. The number of aldehydes is 1. The highest BCUT2D eigenvalue weighted by atomic mass is 16.6. The van der Waals surface area contributed by atoms with Crippen LogP contribution in [0.2, 0.25) is 0 Å². The Morgan fingerprint density at radius 3 is 2.48 bits per heavy atom. The molecule has 0 spiro atoms. The first-order chi connectivity index (χ1) is 10.0. The summed E-state index contributed by atoms with van der Waals surface area (Å²) in [5, 5.41) is 11.0. The first-order valence-electron chi connectivity index (χ1n) is 6.80. The van der Waals surface area contributed by atoms with Crippen molar-refractivity contribution in [3.05, 3.63) is 46.0 Å². The number of nitro groups is 1. The largest absolute Gasteiger partial charge is 0.466 e. The van der Waals surface area contributed by atoms with Gasteiger partial charge in [0.15, 0.2) is 0 Å². The molecular formula is C15H19NO5. The molecule has 0 aromatic heterocycles. The second kappa shape index (κ2) is 8.14. The van der Waals surface area contributed by atoms with Crippen molar-refractivity contribution in [2.45, 2.75) is 26.3 Å². The number of ether oxygens (including phenoxy) is 1. The molecule has 0 saturated heterocycles. The summed E-state index contributed by atoms with van der Waals surface area (Å²) in [4.78, 5) is 33.8. The fourth-order valence-electron chi connectivity index (χ4n) is 2.25. The molecule has 6 nitrogen and oxygen atoms in total. The highest BCUT2D eigenvalue weighted by Gasteiger charge is 2.40. The third-order valence-electron chi connectivity index (χ3n) is 3.36. The molecule has 0 fully saturated rings. The maximum atomic E-state index is 12.0. The van der Waals surface area contributed by atoms with E-state index in [1.54, 1.807) is 6.92 Å². The SMILES string of the molecule is CCOC(=O)[C@H]([C@H](C=O)Cc1ccccc1)[C@@H](C)[N+](=O)[O-]. The van der Waals surface area contributed by atoms with Gasteiger partial charge in [-0.2, -0.15) is 0 Å². The van der Waals surface area contributed by atoms with Gasteiger partial charge in [0.2, 0.25) is 6.04 Å². The summed E-state index contributed by atoms with van der Waals surface area (Å²) in [6.45, 7) is 3.07. The van der Waals surface area contributed by atoms with Gasteiger partial charge in [-0.05, 0) is 18.9 Å². The van der Waals surface area contributed by atoms with Gasteiger partial charge < -0.3 is 9.53 Å². The number of esters is 1. The zero-order valence-electron chi connectivity index (χ0n) is 12.1. The van der Waals surface area contributed by atoms with Crippen LogP contribution in [0.4, 0.5) is 0 Å². The third-order valence-corrected chi connectivity index (χ3v) is 3.36. The smallest absolute Gasteiger partial charge is 0.316 e. The van der Waals surface area contributed by atoms with E-state index in [2.05, 4.69) is 0 Å². The Morgan fingerprint density at radius 2 is 2.00 bits per heavy atom. The number of benzene rings is 1. The van der Waals surface area contributed by atoms with E-state index in [0.29, 0.717) is 6.29 Å². The van der Waals surface area contributed by atoms with Gasteiger partial charge in [-0.25, -0.2) is 0 Å². The molecule has 3 atom stereocenters. The Kier molecular flexibility index (Phi) is 6.52. The summed E-state index contributed by atoms with van der Waals surface area (Å²) >= 11 is 0. The summed E-state index contributed by atoms with van der Waals surface area (Å²) in [6.07, 6.45) is 0.876. The standard InChI is InChI=1S/C15H19NO5/c1-3-21-15(18)14(11(2)16(19)20)13(10-17)9-12-7-5-4-6-8-12/h4-8,10-11,13-14H,3,9H2,1-2H3/t11-,13+,14+/m1/s1. The fourth-order valence-corrected chi connectivity index (χ4v) is 2.25. The Hall–Kier alpha value is -2.24. The maximum absolute atomic E-state index is 12.0. The Labute approximate surface area is 123 Å². The monoisotopic (exact) mass is 293 g/mol. The molecule has 0 heterocycles. The van der Waals surface area contributed by atoms with E-state index in [-0.39, 0.29) is 13.0 Å². The number of carbonyl (C=O) groups excluding carboxylic acids is 2. The van der Waals surface area contributed by atoms with Crippen LogP contribution in [0.5, 0.6) is 0 Å². The minimum atomic E-state index is -1.18. The van der Waals surface area contributed by atoms with E-state index in [1.165, 1.54) is 6.92 Å². The van der Waals surface area contributed by atoms with Crippen molar-refractivity contribution in [2.24, 2.45) is 11.8 Å². The number of carbonyl (C=O) groups is 2. The molecule has 6 heteroatoms. The third kappa shape index (κ3) is 4.66. The Bertz CT molecular complexity index is 488. The van der Waals surface area contributed by atoms with E-state index in [4.69, 9.17) is 4.74 Å². The van der Waals surface area contributed by atoms with Crippen molar-refractivity contribution >= 4 is 12.3 Å². The molecule has 0 aliphatic rings. The molecule has 0 amide bonds. The van der Waals surface area contributed by atoms with Crippen LogP contribution >= 0.6 is 0 Å². The van der Waals surface area contributed by atoms with Crippen LogP contribution in [0.15, 0.2) is 30.3 Å². The normalized spacial score (nSPS) is 14.8.